The Hall–Kier alpha value is -1.39. The first-order valence-electron chi connectivity index (χ1n) is 8.85. The number of nitrogens with zero attached hydrogens (tertiary/aromatic N) is 2. The maximum atomic E-state index is 10.5. The van der Waals surface area contributed by atoms with Crippen LogP contribution >= 0.6 is 35.3 Å². The Labute approximate surface area is 182 Å². The number of hydrogen-bond donors (Lipinski definition) is 3. The molecule has 0 spiro atoms. The quantitative estimate of drug-likeness (QED) is 0.291. The highest BCUT2D eigenvalue weighted by Gasteiger charge is 2.10. The fraction of sp³-hybridized carbons (Fsp3) is 0.474. The van der Waals surface area contributed by atoms with Crippen LogP contribution in [0.2, 0.25) is 0 Å². The molecule has 3 N–H and O–H groups in total. The number of aliphatic imine (C=N–C) groups is 1. The van der Waals surface area contributed by atoms with Gasteiger partial charge in [0.05, 0.1) is 30.0 Å². The number of aliphatic hydroxyl groups is 1. The number of aryl methyl sites for hydroxylation is 1. The number of aliphatic hydroxyl groups excluding tert-OH is 1. The van der Waals surface area contributed by atoms with Gasteiger partial charge >= 0.3 is 0 Å². The van der Waals surface area contributed by atoms with Crippen LogP contribution in [0.5, 0.6) is 5.75 Å². The third-order valence-electron chi connectivity index (χ3n) is 3.65. The lowest BCUT2D eigenvalue weighted by Gasteiger charge is -2.17. The number of thiazole rings is 1. The van der Waals surface area contributed by atoms with Gasteiger partial charge in [-0.25, -0.2) is 9.98 Å². The molecule has 8 heteroatoms. The van der Waals surface area contributed by atoms with Crippen LogP contribution in [-0.4, -0.2) is 35.2 Å². The number of nitrogens with one attached hydrogen (secondary N) is 2. The molecular weight excluding hydrogens is 475 g/mol. The first kappa shape index (κ1) is 23.6. The summed E-state index contributed by atoms with van der Waals surface area (Å²) in [5.74, 6) is 1.44. The summed E-state index contributed by atoms with van der Waals surface area (Å²) in [5.41, 5.74) is 3.65. The van der Waals surface area contributed by atoms with Gasteiger partial charge in [0.2, 0.25) is 0 Å². The molecule has 0 aliphatic carbocycles. The van der Waals surface area contributed by atoms with Crippen molar-refractivity contribution in [2.24, 2.45) is 4.99 Å². The van der Waals surface area contributed by atoms with Crippen LogP contribution in [0.15, 0.2) is 34.8 Å². The summed E-state index contributed by atoms with van der Waals surface area (Å²) in [6.07, 6.45) is -0.553. The Kier molecular flexibility index (Phi) is 10.6. The van der Waals surface area contributed by atoms with Crippen LogP contribution < -0.4 is 15.4 Å². The summed E-state index contributed by atoms with van der Waals surface area (Å²) in [5, 5.41) is 16.9. The Bertz CT molecular complexity index is 721. The van der Waals surface area contributed by atoms with E-state index in [2.05, 4.69) is 20.6 Å². The van der Waals surface area contributed by atoms with Crippen molar-refractivity contribution in [3.8, 4) is 5.75 Å². The van der Waals surface area contributed by atoms with Gasteiger partial charge in [-0.2, -0.15) is 0 Å². The van der Waals surface area contributed by atoms with E-state index in [0.717, 1.165) is 28.4 Å². The molecular formula is C19H29IN4O2S. The SMILES string of the molecule is CCNC(=NCc1scnc1C)NCC(O)c1cccc(OC(C)C)c1.I. The lowest BCUT2D eigenvalue weighted by Crippen LogP contribution is -2.39. The van der Waals surface area contributed by atoms with Crippen LogP contribution in [0.25, 0.3) is 0 Å². The number of benzene rings is 1. The van der Waals surface area contributed by atoms with Crippen LogP contribution in [0.4, 0.5) is 0 Å². The summed E-state index contributed by atoms with van der Waals surface area (Å²) in [7, 11) is 0. The van der Waals surface area contributed by atoms with Crippen LogP contribution in [0.3, 0.4) is 0 Å². The minimum absolute atomic E-state index is 0. The van der Waals surface area contributed by atoms with Crippen molar-refractivity contribution in [3.63, 3.8) is 0 Å². The highest BCUT2D eigenvalue weighted by atomic mass is 127. The molecule has 0 fully saturated rings. The van der Waals surface area contributed by atoms with Gasteiger partial charge in [0.15, 0.2) is 5.96 Å². The lowest BCUT2D eigenvalue weighted by atomic mass is 10.1. The molecule has 0 aliphatic rings. The summed E-state index contributed by atoms with van der Waals surface area (Å²) in [6, 6.07) is 7.55. The molecule has 1 unspecified atom stereocenters. The third kappa shape index (κ3) is 8.02. The normalized spacial score (nSPS) is 12.4. The molecule has 6 nitrogen and oxygen atoms in total. The van der Waals surface area contributed by atoms with Crippen molar-refractivity contribution in [1.29, 1.82) is 0 Å². The topological polar surface area (TPSA) is 78.8 Å². The molecule has 0 radical (unpaired) electrons. The van der Waals surface area contributed by atoms with Gasteiger partial charge in [-0.05, 0) is 45.4 Å². The number of aromatic nitrogens is 1. The second kappa shape index (κ2) is 12.1. The fourth-order valence-electron chi connectivity index (χ4n) is 2.35. The second-order valence-corrected chi connectivity index (χ2v) is 7.13. The van der Waals surface area contributed by atoms with E-state index in [9.17, 15) is 5.11 Å². The molecule has 1 heterocycles. The molecule has 150 valence electrons. The van der Waals surface area contributed by atoms with E-state index in [1.165, 1.54) is 0 Å². The summed E-state index contributed by atoms with van der Waals surface area (Å²) in [6.45, 7) is 9.64. The molecule has 0 saturated heterocycles. The van der Waals surface area contributed by atoms with Crippen LogP contribution in [0.1, 0.15) is 43.0 Å². The van der Waals surface area contributed by atoms with Gasteiger partial charge in [-0.3, -0.25) is 0 Å². The predicted octanol–water partition coefficient (Wildman–Crippen LogP) is 3.65. The maximum absolute atomic E-state index is 10.5. The van der Waals surface area contributed by atoms with Crippen molar-refractivity contribution in [1.82, 2.24) is 15.6 Å². The first-order chi connectivity index (χ1) is 12.5. The third-order valence-corrected chi connectivity index (χ3v) is 4.57. The Morgan fingerprint density at radius 2 is 2.11 bits per heavy atom. The molecule has 0 saturated carbocycles. The van der Waals surface area contributed by atoms with Crippen molar-refractivity contribution < 1.29 is 9.84 Å². The van der Waals surface area contributed by atoms with Gasteiger partial charge in [0, 0.05) is 18.0 Å². The van der Waals surface area contributed by atoms with Gasteiger partial charge in [0.25, 0.3) is 0 Å². The van der Waals surface area contributed by atoms with Crippen molar-refractivity contribution >= 4 is 41.3 Å². The summed E-state index contributed by atoms with van der Waals surface area (Å²) < 4.78 is 5.69. The highest BCUT2D eigenvalue weighted by molar-refractivity contribution is 14.0. The first-order valence-corrected chi connectivity index (χ1v) is 9.73. The summed E-state index contributed by atoms with van der Waals surface area (Å²) in [4.78, 5) is 9.95. The molecule has 1 aromatic carbocycles. The van der Waals surface area contributed by atoms with Gasteiger partial charge in [-0.15, -0.1) is 35.3 Å². The zero-order valence-corrected chi connectivity index (χ0v) is 19.4. The van der Waals surface area contributed by atoms with Gasteiger partial charge in [0.1, 0.15) is 5.75 Å². The monoisotopic (exact) mass is 504 g/mol. The van der Waals surface area contributed by atoms with Crippen molar-refractivity contribution in [3.05, 3.63) is 45.9 Å². The number of hydrogen-bond acceptors (Lipinski definition) is 5. The van der Waals surface area contributed by atoms with E-state index in [0.29, 0.717) is 19.0 Å². The number of guanidine groups is 1. The number of ether oxygens (including phenoxy) is 1. The second-order valence-electron chi connectivity index (χ2n) is 6.19. The summed E-state index contributed by atoms with van der Waals surface area (Å²) >= 11 is 1.60. The number of rotatable bonds is 8. The lowest BCUT2D eigenvalue weighted by molar-refractivity contribution is 0.179. The van der Waals surface area contributed by atoms with E-state index in [-0.39, 0.29) is 30.1 Å². The predicted molar refractivity (Wildman–Crippen MR) is 122 cm³/mol. The zero-order chi connectivity index (χ0) is 18.9. The minimum atomic E-state index is -0.653. The van der Waals surface area contributed by atoms with Gasteiger partial charge < -0.3 is 20.5 Å². The van der Waals surface area contributed by atoms with E-state index in [1.807, 2.05) is 57.5 Å². The molecule has 0 aliphatic heterocycles. The van der Waals surface area contributed by atoms with Crippen LogP contribution in [-0.2, 0) is 6.54 Å². The Balaban J connectivity index is 0.00000364. The molecule has 2 rings (SSSR count). The zero-order valence-electron chi connectivity index (χ0n) is 16.2. The maximum Gasteiger partial charge on any atom is 0.191 e. The standard InChI is InChI=1S/C19H28N4O2S.HI/c1-5-20-19(22-11-18-14(4)23-12-26-18)21-10-17(24)15-7-6-8-16(9-15)25-13(2)3;/h6-9,12-13,17,24H,5,10-11H2,1-4H3,(H2,20,21,22);1H. The molecule has 0 amide bonds. The van der Waals surface area contributed by atoms with E-state index in [4.69, 9.17) is 4.74 Å². The molecule has 1 atom stereocenters. The average molecular weight is 504 g/mol. The van der Waals surface area contributed by atoms with Crippen molar-refractivity contribution in [2.75, 3.05) is 13.1 Å². The molecule has 27 heavy (non-hydrogen) atoms. The highest BCUT2D eigenvalue weighted by Crippen LogP contribution is 2.20. The largest absolute Gasteiger partial charge is 0.491 e. The van der Waals surface area contributed by atoms with E-state index >= 15 is 0 Å². The van der Waals surface area contributed by atoms with Crippen molar-refractivity contribution in [2.45, 2.75) is 46.4 Å². The average Bonchev–Trinajstić information content (AvgIpc) is 3.01. The number of halogens is 1. The van der Waals surface area contributed by atoms with Gasteiger partial charge in [-0.1, -0.05) is 12.1 Å². The fourth-order valence-corrected chi connectivity index (χ4v) is 3.05. The van der Waals surface area contributed by atoms with E-state index < -0.39 is 6.10 Å². The van der Waals surface area contributed by atoms with Crippen LogP contribution in [0, 0.1) is 6.92 Å². The van der Waals surface area contributed by atoms with E-state index in [1.54, 1.807) is 11.3 Å². The molecule has 0 bridgehead atoms. The Morgan fingerprint density at radius 1 is 1.33 bits per heavy atom. The minimum Gasteiger partial charge on any atom is -0.491 e. The molecule has 1 aromatic heterocycles. The molecule has 2 aromatic rings. The Morgan fingerprint density at radius 3 is 2.74 bits per heavy atom. The smallest absolute Gasteiger partial charge is 0.191 e.